The molecule has 2 aliphatic rings. The van der Waals surface area contributed by atoms with Crippen molar-refractivity contribution < 1.29 is 9.53 Å². The van der Waals surface area contributed by atoms with E-state index in [4.69, 9.17) is 4.74 Å². The first-order valence-electron chi connectivity index (χ1n) is 7.65. The summed E-state index contributed by atoms with van der Waals surface area (Å²) in [6.45, 7) is 4.66. The number of hydrogen-bond acceptors (Lipinski definition) is 2. The molecule has 2 saturated heterocycles. The average molecular weight is 399 g/mol. The third-order valence-electron chi connectivity index (χ3n) is 4.87. The van der Waals surface area contributed by atoms with Crippen molar-refractivity contribution in [1.29, 1.82) is 0 Å². The van der Waals surface area contributed by atoms with E-state index in [0.717, 1.165) is 42.5 Å². The molecule has 21 heavy (non-hydrogen) atoms. The zero-order chi connectivity index (χ0) is 14.9. The van der Waals surface area contributed by atoms with Gasteiger partial charge < -0.3 is 9.64 Å². The molecular formula is C17H22INO2. The van der Waals surface area contributed by atoms with Crippen molar-refractivity contribution in [2.45, 2.75) is 32.3 Å². The quantitative estimate of drug-likeness (QED) is 0.563. The van der Waals surface area contributed by atoms with Gasteiger partial charge in [-0.25, -0.2) is 0 Å². The highest BCUT2D eigenvalue weighted by Gasteiger charge is 2.42. The van der Waals surface area contributed by atoms with Crippen molar-refractivity contribution in [3.8, 4) is 0 Å². The highest BCUT2D eigenvalue weighted by Crippen LogP contribution is 2.42. The molecule has 0 aliphatic carbocycles. The van der Waals surface area contributed by atoms with Gasteiger partial charge in [0.15, 0.2) is 0 Å². The van der Waals surface area contributed by atoms with Gasteiger partial charge in [-0.15, -0.1) is 0 Å². The van der Waals surface area contributed by atoms with Crippen LogP contribution in [0.2, 0.25) is 0 Å². The Labute approximate surface area is 140 Å². The fraction of sp³-hybridized carbons (Fsp3) is 0.588. The Morgan fingerprint density at radius 2 is 2.00 bits per heavy atom. The Kier molecular flexibility index (Phi) is 4.54. The van der Waals surface area contributed by atoms with E-state index < -0.39 is 0 Å². The number of amides is 1. The van der Waals surface area contributed by atoms with Gasteiger partial charge in [-0.2, -0.15) is 0 Å². The summed E-state index contributed by atoms with van der Waals surface area (Å²) in [6, 6.07) is 7.89. The standard InChI is InChI=1S/C17H22INO2/c1-13-2-4-14(5-3-13)16(20)19-8-6-17(7-9-19)10-15(11-18)21-12-17/h2-5,15H,6-12H2,1H3. The molecule has 1 atom stereocenters. The number of benzene rings is 1. The fourth-order valence-corrected chi connectivity index (χ4v) is 3.97. The minimum absolute atomic E-state index is 0.175. The van der Waals surface area contributed by atoms with Crippen molar-refractivity contribution >= 4 is 28.5 Å². The van der Waals surface area contributed by atoms with Crippen LogP contribution < -0.4 is 0 Å². The van der Waals surface area contributed by atoms with Crippen molar-refractivity contribution in [1.82, 2.24) is 4.90 Å². The lowest BCUT2D eigenvalue weighted by Crippen LogP contribution is -2.43. The summed E-state index contributed by atoms with van der Waals surface area (Å²) in [6.07, 6.45) is 3.75. The van der Waals surface area contributed by atoms with E-state index in [2.05, 4.69) is 22.6 Å². The normalized spacial score (nSPS) is 24.5. The molecular weight excluding hydrogens is 377 g/mol. The molecule has 1 unspecified atom stereocenters. The van der Waals surface area contributed by atoms with E-state index in [1.807, 2.05) is 36.1 Å². The first-order chi connectivity index (χ1) is 10.1. The molecule has 4 heteroatoms. The molecule has 1 aromatic carbocycles. The Balaban J connectivity index is 1.61. The van der Waals surface area contributed by atoms with Crippen LogP contribution in [0, 0.1) is 12.3 Å². The van der Waals surface area contributed by atoms with Crippen LogP contribution in [0.3, 0.4) is 0 Å². The van der Waals surface area contributed by atoms with Crippen molar-refractivity contribution in [3.63, 3.8) is 0 Å². The molecule has 1 amide bonds. The number of ether oxygens (including phenoxy) is 1. The Morgan fingerprint density at radius 3 is 2.57 bits per heavy atom. The molecule has 114 valence electrons. The largest absolute Gasteiger partial charge is 0.377 e. The highest BCUT2D eigenvalue weighted by molar-refractivity contribution is 14.1. The average Bonchev–Trinajstić information content (AvgIpc) is 2.91. The van der Waals surface area contributed by atoms with Crippen molar-refractivity contribution in [2.75, 3.05) is 24.1 Å². The maximum atomic E-state index is 12.5. The summed E-state index contributed by atoms with van der Waals surface area (Å²) in [5.74, 6) is 0.175. The smallest absolute Gasteiger partial charge is 0.253 e. The molecule has 1 aromatic rings. The lowest BCUT2D eigenvalue weighted by Gasteiger charge is -2.38. The molecule has 3 nitrogen and oxygen atoms in total. The molecule has 2 aliphatic heterocycles. The van der Waals surface area contributed by atoms with Crippen molar-refractivity contribution in [2.24, 2.45) is 5.41 Å². The third kappa shape index (κ3) is 3.26. The topological polar surface area (TPSA) is 29.5 Å². The van der Waals surface area contributed by atoms with E-state index in [-0.39, 0.29) is 5.91 Å². The first kappa shape index (κ1) is 15.3. The Morgan fingerprint density at radius 1 is 1.33 bits per heavy atom. The minimum atomic E-state index is 0.175. The molecule has 1 spiro atoms. The third-order valence-corrected chi connectivity index (χ3v) is 5.85. The Hall–Kier alpha value is -0.620. The number of carbonyl (C=O) groups excluding carboxylic acids is 1. The van der Waals surface area contributed by atoms with Gasteiger partial charge in [-0.1, -0.05) is 40.3 Å². The summed E-state index contributed by atoms with van der Waals surface area (Å²) in [5.41, 5.74) is 2.33. The summed E-state index contributed by atoms with van der Waals surface area (Å²) < 4.78 is 6.95. The molecule has 3 rings (SSSR count). The lowest BCUT2D eigenvalue weighted by atomic mass is 9.77. The van der Waals surface area contributed by atoms with Gasteiger partial charge >= 0.3 is 0 Å². The SMILES string of the molecule is Cc1ccc(C(=O)N2CCC3(CC2)COC(CI)C3)cc1. The number of nitrogens with zero attached hydrogens (tertiary/aromatic N) is 1. The number of piperidine rings is 1. The predicted molar refractivity (Wildman–Crippen MR) is 92.0 cm³/mol. The maximum absolute atomic E-state index is 12.5. The van der Waals surface area contributed by atoms with Crippen LogP contribution in [0.5, 0.6) is 0 Å². The molecule has 0 bridgehead atoms. The van der Waals surface area contributed by atoms with E-state index in [9.17, 15) is 4.79 Å². The zero-order valence-corrected chi connectivity index (χ0v) is 14.6. The molecule has 2 heterocycles. The predicted octanol–water partition coefficient (Wildman–Crippen LogP) is 3.44. The van der Waals surface area contributed by atoms with Gasteiger partial charge in [0.25, 0.3) is 5.91 Å². The second-order valence-corrected chi connectivity index (χ2v) is 7.33. The number of halogens is 1. The van der Waals surface area contributed by atoms with E-state index in [0.29, 0.717) is 11.5 Å². The highest BCUT2D eigenvalue weighted by atomic mass is 127. The summed E-state index contributed by atoms with van der Waals surface area (Å²) in [7, 11) is 0. The van der Waals surface area contributed by atoms with Gasteiger partial charge in [0.05, 0.1) is 12.7 Å². The van der Waals surface area contributed by atoms with Crippen LogP contribution >= 0.6 is 22.6 Å². The number of hydrogen-bond donors (Lipinski definition) is 0. The van der Waals surface area contributed by atoms with Crippen LogP contribution in [-0.2, 0) is 4.74 Å². The first-order valence-corrected chi connectivity index (χ1v) is 9.18. The number of carbonyl (C=O) groups is 1. The number of aryl methyl sites for hydroxylation is 1. The summed E-state index contributed by atoms with van der Waals surface area (Å²) >= 11 is 2.40. The molecule has 0 N–H and O–H groups in total. The van der Waals surface area contributed by atoms with E-state index >= 15 is 0 Å². The van der Waals surface area contributed by atoms with E-state index in [1.165, 1.54) is 12.0 Å². The summed E-state index contributed by atoms with van der Waals surface area (Å²) in [5, 5.41) is 0. The fourth-order valence-electron chi connectivity index (χ4n) is 3.41. The number of rotatable bonds is 2. The number of alkyl halides is 1. The van der Waals surface area contributed by atoms with Crippen LogP contribution in [0.25, 0.3) is 0 Å². The van der Waals surface area contributed by atoms with Gasteiger partial charge in [-0.3, -0.25) is 4.79 Å². The van der Waals surface area contributed by atoms with Gasteiger partial charge in [0, 0.05) is 23.1 Å². The van der Waals surface area contributed by atoms with Crippen LogP contribution in [0.1, 0.15) is 35.2 Å². The summed E-state index contributed by atoms with van der Waals surface area (Å²) in [4.78, 5) is 14.5. The van der Waals surface area contributed by atoms with Gasteiger partial charge in [0.2, 0.25) is 0 Å². The molecule has 0 aromatic heterocycles. The van der Waals surface area contributed by atoms with Crippen molar-refractivity contribution in [3.05, 3.63) is 35.4 Å². The Bertz CT molecular complexity index is 506. The van der Waals surface area contributed by atoms with Crippen LogP contribution in [0.4, 0.5) is 0 Å². The maximum Gasteiger partial charge on any atom is 0.253 e. The zero-order valence-electron chi connectivity index (χ0n) is 12.5. The second kappa shape index (κ2) is 6.24. The van der Waals surface area contributed by atoms with E-state index in [1.54, 1.807) is 0 Å². The second-order valence-electron chi connectivity index (χ2n) is 6.45. The van der Waals surface area contributed by atoms with Gasteiger partial charge in [-0.05, 0) is 43.7 Å². The monoisotopic (exact) mass is 399 g/mol. The van der Waals surface area contributed by atoms with Crippen LogP contribution in [0.15, 0.2) is 24.3 Å². The molecule has 2 fully saturated rings. The van der Waals surface area contributed by atoms with Gasteiger partial charge in [0.1, 0.15) is 0 Å². The number of likely N-dealkylation sites (tertiary alicyclic amines) is 1. The van der Waals surface area contributed by atoms with Crippen LogP contribution in [-0.4, -0.2) is 41.0 Å². The lowest BCUT2D eigenvalue weighted by molar-refractivity contribution is 0.0510. The molecule has 0 saturated carbocycles. The minimum Gasteiger partial charge on any atom is -0.377 e. The molecule has 0 radical (unpaired) electrons.